The Kier molecular flexibility index (Phi) is 4.34. The van der Waals surface area contributed by atoms with E-state index in [9.17, 15) is 0 Å². The molecular weight excluding hydrogens is 276 g/mol. The number of aryl methyl sites for hydroxylation is 1. The van der Waals surface area contributed by atoms with Crippen LogP contribution in [0.15, 0.2) is 12.1 Å². The van der Waals surface area contributed by atoms with Gasteiger partial charge in [-0.25, -0.2) is 4.98 Å². The van der Waals surface area contributed by atoms with E-state index in [2.05, 4.69) is 4.98 Å². The Hall–Kier alpha value is -1.95. The van der Waals surface area contributed by atoms with Crippen LogP contribution in [0, 0.1) is 0 Å². The second kappa shape index (κ2) is 6.00. The van der Waals surface area contributed by atoms with Crippen LogP contribution in [0.3, 0.4) is 0 Å². The number of anilines is 1. The second-order valence-corrected chi connectivity index (χ2v) is 5.20. The van der Waals surface area contributed by atoms with Gasteiger partial charge in [0.25, 0.3) is 0 Å². The van der Waals surface area contributed by atoms with Crippen molar-refractivity contribution in [1.82, 2.24) is 4.98 Å². The van der Waals surface area contributed by atoms with Gasteiger partial charge in [-0.2, -0.15) is 0 Å². The first-order valence-electron chi connectivity index (χ1n) is 6.20. The van der Waals surface area contributed by atoms with Crippen LogP contribution in [-0.2, 0) is 6.42 Å². The Morgan fingerprint density at radius 3 is 2.10 bits per heavy atom. The quantitative estimate of drug-likeness (QED) is 0.918. The molecule has 0 saturated heterocycles. The molecule has 0 unspecified atom stereocenters. The number of methoxy groups -OCH3 is 3. The summed E-state index contributed by atoms with van der Waals surface area (Å²) < 4.78 is 16.1. The van der Waals surface area contributed by atoms with Crippen LogP contribution in [0.4, 0.5) is 5.00 Å². The molecule has 0 aliphatic carbocycles. The maximum atomic E-state index is 6.08. The first-order valence-corrected chi connectivity index (χ1v) is 7.01. The lowest BCUT2D eigenvalue weighted by atomic mass is 10.1. The van der Waals surface area contributed by atoms with E-state index in [0.29, 0.717) is 27.9 Å². The summed E-state index contributed by atoms with van der Waals surface area (Å²) in [7, 11) is 4.79. The van der Waals surface area contributed by atoms with E-state index >= 15 is 0 Å². The van der Waals surface area contributed by atoms with Crippen molar-refractivity contribution in [2.45, 2.75) is 13.3 Å². The Labute approximate surface area is 122 Å². The van der Waals surface area contributed by atoms with E-state index in [-0.39, 0.29) is 0 Å². The van der Waals surface area contributed by atoms with Gasteiger partial charge in [-0.05, 0) is 6.42 Å². The molecule has 1 aromatic carbocycles. The van der Waals surface area contributed by atoms with E-state index in [1.54, 1.807) is 33.5 Å². The third kappa shape index (κ3) is 2.51. The molecule has 1 aromatic heterocycles. The number of thiazole rings is 1. The molecule has 0 spiro atoms. The third-order valence-corrected chi connectivity index (χ3v) is 3.98. The van der Waals surface area contributed by atoms with E-state index in [4.69, 9.17) is 19.9 Å². The van der Waals surface area contributed by atoms with Crippen molar-refractivity contribution in [2.75, 3.05) is 27.1 Å². The summed E-state index contributed by atoms with van der Waals surface area (Å²) in [5.41, 5.74) is 7.53. The SMILES string of the molecule is CCc1nc(-c2c(OC)cc(OC)cc2OC)c(N)s1. The van der Waals surface area contributed by atoms with Gasteiger partial charge in [-0.1, -0.05) is 6.92 Å². The molecular formula is C14H18N2O3S. The minimum Gasteiger partial charge on any atom is -0.496 e. The average Bonchev–Trinajstić information content (AvgIpc) is 2.86. The zero-order valence-corrected chi connectivity index (χ0v) is 12.8. The van der Waals surface area contributed by atoms with Crippen LogP contribution in [0.2, 0.25) is 0 Å². The predicted octanol–water partition coefficient (Wildman–Crippen LogP) is 2.98. The highest BCUT2D eigenvalue weighted by Crippen LogP contribution is 2.44. The number of hydrogen-bond acceptors (Lipinski definition) is 6. The van der Waals surface area contributed by atoms with Gasteiger partial charge in [0.15, 0.2) is 0 Å². The summed E-state index contributed by atoms with van der Waals surface area (Å²) in [6.45, 7) is 2.05. The number of ether oxygens (including phenoxy) is 3. The average molecular weight is 294 g/mol. The number of nitrogen functional groups attached to an aromatic ring is 1. The van der Waals surface area contributed by atoms with Crippen molar-refractivity contribution in [2.24, 2.45) is 0 Å². The molecule has 108 valence electrons. The lowest BCUT2D eigenvalue weighted by molar-refractivity contribution is 0.377. The maximum Gasteiger partial charge on any atom is 0.135 e. The number of nitrogens with zero attached hydrogens (tertiary/aromatic N) is 1. The molecule has 0 radical (unpaired) electrons. The summed E-state index contributed by atoms with van der Waals surface area (Å²) in [6, 6.07) is 3.59. The number of rotatable bonds is 5. The summed E-state index contributed by atoms with van der Waals surface area (Å²) in [5, 5.41) is 1.64. The fraction of sp³-hybridized carbons (Fsp3) is 0.357. The molecule has 20 heavy (non-hydrogen) atoms. The fourth-order valence-corrected chi connectivity index (χ4v) is 2.73. The second-order valence-electron chi connectivity index (χ2n) is 4.08. The van der Waals surface area contributed by atoms with Crippen molar-refractivity contribution in [1.29, 1.82) is 0 Å². The molecule has 0 bridgehead atoms. The molecule has 1 heterocycles. The van der Waals surface area contributed by atoms with E-state index in [1.807, 2.05) is 6.92 Å². The van der Waals surface area contributed by atoms with E-state index in [0.717, 1.165) is 17.0 Å². The maximum absolute atomic E-state index is 6.08. The lowest BCUT2D eigenvalue weighted by Crippen LogP contribution is -1.97. The Bertz CT molecular complexity index is 585. The van der Waals surface area contributed by atoms with Crippen LogP contribution in [0.5, 0.6) is 17.2 Å². The number of nitrogens with two attached hydrogens (primary N) is 1. The van der Waals surface area contributed by atoms with Gasteiger partial charge in [-0.3, -0.25) is 0 Å². The molecule has 6 heteroatoms. The highest BCUT2D eigenvalue weighted by atomic mass is 32.1. The minimum absolute atomic E-state index is 0.626. The van der Waals surface area contributed by atoms with E-state index in [1.165, 1.54) is 11.3 Å². The number of aromatic nitrogens is 1. The molecule has 0 aliphatic heterocycles. The van der Waals surface area contributed by atoms with Crippen molar-refractivity contribution < 1.29 is 14.2 Å². The molecule has 2 rings (SSSR count). The zero-order chi connectivity index (χ0) is 14.7. The largest absolute Gasteiger partial charge is 0.496 e. The van der Waals surface area contributed by atoms with Crippen molar-refractivity contribution in [3.63, 3.8) is 0 Å². The number of benzene rings is 1. The lowest BCUT2D eigenvalue weighted by Gasteiger charge is -2.14. The van der Waals surface area contributed by atoms with Gasteiger partial charge in [0.2, 0.25) is 0 Å². The molecule has 0 atom stereocenters. The Balaban J connectivity index is 2.67. The molecule has 0 fully saturated rings. The monoisotopic (exact) mass is 294 g/mol. The molecule has 0 aliphatic rings. The predicted molar refractivity (Wildman–Crippen MR) is 81.0 cm³/mol. The minimum atomic E-state index is 0.626. The normalized spacial score (nSPS) is 10.4. The fourth-order valence-electron chi connectivity index (χ4n) is 1.95. The van der Waals surface area contributed by atoms with Crippen LogP contribution in [0.25, 0.3) is 11.3 Å². The van der Waals surface area contributed by atoms with Crippen LogP contribution in [0.1, 0.15) is 11.9 Å². The van der Waals surface area contributed by atoms with Gasteiger partial charge in [-0.15, -0.1) is 11.3 Å². The van der Waals surface area contributed by atoms with Crippen molar-refractivity contribution in [3.8, 4) is 28.5 Å². The first-order chi connectivity index (χ1) is 9.64. The van der Waals surface area contributed by atoms with Crippen molar-refractivity contribution >= 4 is 16.3 Å². The molecule has 0 saturated carbocycles. The molecule has 2 N–H and O–H groups in total. The Morgan fingerprint density at radius 1 is 1.10 bits per heavy atom. The van der Waals surface area contributed by atoms with Gasteiger partial charge in [0.1, 0.15) is 27.9 Å². The van der Waals surface area contributed by atoms with Crippen LogP contribution >= 0.6 is 11.3 Å². The summed E-state index contributed by atoms with van der Waals surface area (Å²) in [5.74, 6) is 1.91. The van der Waals surface area contributed by atoms with Crippen LogP contribution in [-0.4, -0.2) is 26.3 Å². The topological polar surface area (TPSA) is 66.6 Å². The Morgan fingerprint density at radius 2 is 1.70 bits per heavy atom. The van der Waals surface area contributed by atoms with Gasteiger partial charge in [0, 0.05) is 12.1 Å². The summed E-state index contributed by atoms with van der Waals surface area (Å²) >= 11 is 1.48. The van der Waals surface area contributed by atoms with Gasteiger partial charge >= 0.3 is 0 Å². The number of hydrogen-bond donors (Lipinski definition) is 1. The zero-order valence-electron chi connectivity index (χ0n) is 12.0. The standard InChI is InChI=1S/C14H18N2O3S/c1-5-11-16-13(14(15)20-11)12-9(18-3)6-8(17-2)7-10(12)19-4/h6-7H,5,15H2,1-4H3. The molecule has 2 aromatic rings. The highest BCUT2D eigenvalue weighted by molar-refractivity contribution is 7.16. The van der Waals surface area contributed by atoms with Gasteiger partial charge < -0.3 is 19.9 Å². The summed E-state index contributed by atoms with van der Waals surface area (Å²) in [4.78, 5) is 4.56. The van der Waals surface area contributed by atoms with Crippen LogP contribution < -0.4 is 19.9 Å². The summed E-state index contributed by atoms with van der Waals surface area (Å²) in [6.07, 6.45) is 0.843. The molecule has 5 nitrogen and oxygen atoms in total. The third-order valence-electron chi connectivity index (χ3n) is 2.95. The smallest absolute Gasteiger partial charge is 0.135 e. The first kappa shape index (κ1) is 14.5. The van der Waals surface area contributed by atoms with Gasteiger partial charge in [0.05, 0.1) is 31.9 Å². The van der Waals surface area contributed by atoms with E-state index < -0.39 is 0 Å². The highest BCUT2D eigenvalue weighted by Gasteiger charge is 2.20. The van der Waals surface area contributed by atoms with Crippen molar-refractivity contribution in [3.05, 3.63) is 17.1 Å². The molecule has 0 amide bonds.